The van der Waals surface area contributed by atoms with Crippen molar-refractivity contribution in [2.24, 2.45) is 5.41 Å². The lowest BCUT2D eigenvalue weighted by Crippen LogP contribution is -2.56. The summed E-state index contributed by atoms with van der Waals surface area (Å²) in [5.41, 5.74) is 1.89. The van der Waals surface area contributed by atoms with E-state index in [0.29, 0.717) is 5.41 Å². The normalized spacial score (nSPS) is 18.4. The van der Waals surface area contributed by atoms with Crippen LogP contribution in [0.15, 0.2) is 18.2 Å². The molecule has 0 aromatic heterocycles. The summed E-state index contributed by atoms with van der Waals surface area (Å²) in [5, 5.41) is 0.825. The summed E-state index contributed by atoms with van der Waals surface area (Å²) in [7, 11) is 0. The molecule has 0 saturated carbocycles. The van der Waals surface area contributed by atoms with E-state index in [2.05, 4.69) is 47.4 Å². The molecule has 1 aliphatic rings. The highest BCUT2D eigenvalue weighted by Crippen LogP contribution is 2.41. The summed E-state index contributed by atoms with van der Waals surface area (Å²) in [4.78, 5) is 2.46. The highest BCUT2D eigenvalue weighted by molar-refractivity contribution is 14.1. The van der Waals surface area contributed by atoms with Crippen molar-refractivity contribution in [2.45, 2.75) is 26.7 Å². The predicted octanol–water partition coefficient (Wildman–Crippen LogP) is 4.57. The van der Waals surface area contributed by atoms with Crippen LogP contribution in [0.4, 0.5) is 5.69 Å². The minimum atomic E-state index is 0.558. The molecule has 16 heavy (non-hydrogen) atoms. The van der Waals surface area contributed by atoms with Crippen LogP contribution in [0.1, 0.15) is 26.7 Å². The molecule has 2 rings (SSSR count). The average molecular weight is 350 g/mol. The Labute approximate surface area is 116 Å². The van der Waals surface area contributed by atoms with Crippen LogP contribution >= 0.6 is 34.2 Å². The molecule has 1 fully saturated rings. The maximum Gasteiger partial charge on any atom is 0.0503 e. The van der Waals surface area contributed by atoms with E-state index in [1.165, 1.54) is 35.2 Å². The SMILES string of the molecule is CCC1(CC)CN(c2ccc(Cl)cc2I)C1. The third-order valence-corrected chi connectivity index (χ3v) is 4.90. The van der Waals surface area contributed by atoms with Crippen molar-refractivity contribution in [1.29, 1.82) is 0 Å². The van der Waals surface area contributed by atoms with Crippen molar-refractivity contribution in [3.63, 3.8) is 0 Å². The van der Waals surface area contributed by atoms with Gasteiger partial charge in [-0.3, -0.25) is 0 Å². The zero-order valence-electron chi connectivity index (χ0n) is 9.76. The molecule has 1 aromatic rings. The Kier molecular flexibility index (Phi) is 3.69. The van der Waals surface area contributed by atoms with E-state index in [1.807, 2.05) is 12.1 Å². The Morgan fingerprint density at radius 2 is 1.94 bits per heavy atom. The van der Waals surface area contributed by atoms with Gasteiger partial charge >= 0.3 is 0 Å². The lowest BCUT2D eigenvalue weighted by Gasteiger charge is -2.51. The number of rotatable bonds is 3. The van der Waals surface area contributed by atoms with Crippen LogP contribution < -0.4 is 4.90 Å². The molecule has 1 heterocycles. The topological polar surface area (TPSA) is 3.24 Å². The summed E-state index contributed by atoms with van der Waals surface area (Å²) < 4.78 is 1.26. The largest absolute Gasteiger partial charge is 0.369 e. The molecular formula is C13H17ClIN. The van der Waals surface area contributed by atoms with Crippen LogP contribution in [0, 0.1) is 8.99 Å². The van der Waals surface area contributed by atoms with Crippen LogP contribution in [0.5, 0.6) is 0 Å². The maximum absolute atomic E-state index is 5.97. The van der Waals surface area contributed by atoms with Crippen LogP contribution in [-0.2, 0) is 0 Å². The van der Waals surface area contributed by atoms with Gasteiger partial charge in [0.1, 0.15) is 0 Å². The molecule has 0 atom stereocenters. The first-order chi connectivity index (χ1) is 7.60. The molecule has 0 aliphatic carbocycles. The fourth-order valence-electron chi connectivity index (χ4n) is 2.37. The number of benzene rings is 1. The Morgan fingerprint density at radius 1 is 1.31 bits per heavy atom. The molecule has 88 valence electrons. The molecule has 1 aliphatic heterocycles. The monoisotopic (exact) mass is 349 g/mol. The van der Waals surface area contributed by atoms with Crippen LogP contribution in [0.3, 0.4) is 0 Å². The quantitative estimate of drug-likeness (QED) is 0.723. The molecule has 0 bridgehead atoms. The molecule has 0 spiro atoms. The lowest BCUT2D eigenvalue weighted by molar-refractivity contribution is 0.194. The molecule has 0 N–H and O–H groups in total. The highest BCUT2D eigenvalue weighted by atomic mass is 127. The van der Waals surface area contributed by atoms with Crippen LogP contribution in [0.25, 0.3) is 0 Å². The van der Waals surface area contributed by atoms with E-state index in [9.17, 15) is 0 Å². The van der Waals surface area contributed by atoms with Gasteiger partial charge in [0, 0.05) is 27.1 Å². The smallest absolute Gasteiger partial charge is 0.0503 e. The van der Waals surface area contributed by atoms with Gasteiger partial charge in [0.25, 0.3) is 0 Å². The first-order valence-electron chi connectivity index (χ1n) is 5.80. The van der Waals surface area contributed by atoms with Gasteiger partial charge in [0.05, 0.1) is 5.69 Å². The summed E-state index contributed by atoms with van der Waals surface area (Å²) in [6.07, 6.45) is 2.56. The van der Waals surface area contributed by atoms with Gasteiger partial charge in [-0.25, -0.2) is 0 Å². The van der Waals surface area contributed by atoms with E-state index in [4.69, 9.17) is 11.6 Å². The fraction of sp³-hybridized carbons (Fsp3) is 0.538. The summed E-state index contributed by atoms with van der Waals surface area (Å²) >= 11 is 8.34. The summed E-state index contributed by atoms with van der Waals surface area (Å²) in [6.45, 7) is 6.98. The van der Waals surface area contributed by atoms with Gasteiger partial charge in [0.15, 0.2) is 0 Å². The second-order valence-corrected chi connectivity index (χ2v) is 6.26. The van der Waals surface area contributed by atoms with Crippen molar-refractivity contribution in [3.8, 4) is 0 Å². The van der Waals surface area contributed by atoms with Crippen molar-refractivity contribution >= 4 is 39.9 Å². The Morgan fingerprint density at radius 3 is 2.44 bits per heavy atom. The van der Waals surface area contributed by atoms with Crippen LogP contribution in [0.2, 0.25) is 5.02 Å². The Balaban J connectivity index is 2.12. The third-order valence-electron chi connectivity index (χ3n) is 3.80. The number of hydrogen-bond acceptors (Lipinski definition) is 1. The number of halogens is 2. The van der Waals surface area contributed by atoms with Crippen molar-refractivity contribution < 1.29 is 0 Å². The molecule has 1 saturated heterocycles. The van der Waals surface area contributed by atoms with Crippen molar-refractivity contribution in [2.75, 3.05) is 18.0 Å². The molecule has 0 unspecified atom stereocenters. The maximum atomic E-state index is 5.97. The lowest BCUT2D eigenvalue weighted by atomic mass is 9.75. The molecule has 1 aromatic carbocycles. The molecule has 3 heteroatoms. The van der Waals surface area contributed by atoms with Crippen LogP contribution in [-0.4, -0.2) is 13.1 Å². The number of hydrogen-bond donors (Lipinski definition) is 0. The highest BCUT2D eigenvalue weighted by Gasteiger charge is 2.40. The Bertz CT molecular complexity index is 380. The van der Waals surface area contributed by atoms with E-state index >= 15 is 0 Å². The molecule has 0 radical (unpaired) electrons. The van der Waals surface area contributed by atoms with Crippen molar-refractivity contribution in [1.82, 2.24) is 0 Å². The van der Waals surface area contributed by atoms with Gasteiger partial charge < -0.3 is 4.90 Å². The van der Waals surface area contributed by atoms with Gasteiger partial charge in [-0.1, -0.05) is 25.4 Å². The number of nitrogens with zero attached hydrogens (tertiary/aromatic N) is 1. The first kappa shape index (κ1) is 12.5. The zero-order chi connectivity index (χ0) is 11.8. The second kappa shape index (κ2) is 4.73. The van der Waals surface area contributed by atoms with Gasteiger partial charge in [-0.2, -0.15) is 0 Å². The standard InChI is InChI=1S/C13H17ClIN/c1-3-13(4-2)8-16(9-13)12-6-5-10(14)7-11(12)15/h5-7H,3-4,8-9H2,1-2H3. The minimum Gasteiger partial charge on any atom is -0.369 e. The number of anilines is 1. The minimum absolute atomic E-state index is 0.558. The second-order valence-electron chi connectivity index (χ2n) is 4.66. The van der Waals surface area contributed by atoms with E-state index in [-0.39, 0.29) is 0 Å². The van der Waals surface area contributed by atoms with Crippen molar-refractivity contribution in [3.05, 3.63) is 26.8 Å². The summed E-state index contributed by atoms with van der Waals surface area (Å²) in [5.74, 6) is 0. The summed E-state index contributed by atoms with van der Waals surface area (Å²) in [6, 6.07) is 6.16. The van der Waals surface area contributed by atoms with Gasteiger partial charge in [-0.05, 0) is 53.6 Å². The van der Waals surface area contributed by atoms with E-state index in [1.54, 1.807) is 0 Å². The van der Waals surface area contributed by atoms with Gasteiger partial charge in [-0.15, -0.1) is 0 Å². The average Bonchev–Trinajstić information content (AvgIpc) is 2.20. The van der Waals surface area contributed by atoms with E-state index < -0.39 is 0 Å². The third kappa shape index (κ3) is 2.19. The van der Waals surface area contributed by atoms with E-state index in [0.717, 1.165) is 5.02 Å². The van der Waals surface area contributed by atoms with Gasteiger partial charge in [0.2, 0.25) is 0 Å². The predicted molar refractivity (Wildman–Crippen MR) is 79.4 cm³/mol. The molecule has 1 nitrogen and oxygen atoms in total. The molecule has 0 amide bonds. The Hall–Kier alpha value is 0.0400. The zero-order valence-corrected chi connectivity index (χ0v) is 12.7. The fourth-order valence-corrected chi connectivity index (χ4v) is 3.58. The molecular weight excluding hydrogens is 333 g/mol. The first-order valence-corrected chi connectivity index (χ1v) is 7.26.